The molecule has 152 valence electrons. The molecule has 1 aliphatic rings. The highest BCUT2D eigenvalue weighted by Gasteiger charge is 2.21. The lowest BCUT2D eigenvalue weighted by Crippen LogP contribution is -2.51. The van der Waals surface area contributed by atoms with Crippen LogP contribution in [-0.4, -0.2) is 44.4 Å². The number of halogens is 1. The molecule has 0 radical (unpaired) electrons. The van der Waals surface area contributed by atoms with Gasteiger partial charge in [-0.15, -0.1) is 24.0 Å². The van der Waals surface area contributed by atoms with Crippen molar-refractivity contribution in [3.8, 4) is 11.5 Å². The number of benzene rings is 2. The van der Waals surface area contributed by atoms with E-state index in [1.165, 1.54) is 5.69 Å². The molecule has 1 atom stereocenters. The summed E-state index contributed by atoms with van der Waals surface area (Å²) in [6, 6.07) is 16.0. The van der Waals surface area contributed by atoms with E-state index in [1.807, 2.05) is 12.1 Å². The molecule has 1 fully saturated rings. The van der Waals surface area contributed by atoms with Crippen LogP contribution in [0.3, 0.4) is 0 Å². The highest BCUT2D eigenvalue weighted by Crippen LogP contribution is 2.23. The third kappa shape index (κ3) is 5.92. The molecule has 0 amide bonds. The van der Waals surface area contributed by atoms with Crippen molar-refractivity contribution in [3.05, 3.63) is 54.1 Å². The number of rotatable bonds is 5. The van der Waals surface area contributed by atoms with E-state index in [1.54, 1.807) is 26.3 Å². The fourth-order valence-electron chi connectivity index (χ4n) is 3.37. The predicted molar refractivity (Wildman–Crippen MR) is 125 cm³/mol. The average molecular weight is 496 g/mol. The smallest absolute Gasteiger partial charge is 0.191 e. The predicted octanol–water partition coefficient (Wildman–Crippen LogP) is 3.35. The molecule has 1 unspecified atom stereocenters. The number of nitrogens with zero attached hydrogens (tertiary/aromatic N) is 2. The van der Waals surface area contributed by atoms with Gasteiger partial charge in [-0.25, -0.2) is 0 Å². The molecule has 0 spiro atoms. The lowest BCUT2D eigenvalue weighted by atomic mass is 10.0. The van der Waals surface area contributed by atoms with Crippen molar-refractivity contribution in [2.45, 2.75) is 25.4 Å². The van der Waals surface area contributed by atoms with E-state index in [0.717, 1.165) is 43.2 Å². The summed E-state index contributed by atoms with van der Waals surface area (Å²) in [6.07, 6.45) is 2.24. The summed E-state index contributed by atoms with van der Waals surface area (Å²) in [6.45, 7) is 2.48. The molecule has 0 aromatic heterocycles. The Morgan fingerprint density at radius 2 is 2.04 bits per heavy atom. The number of anilines is 1. The lowest BCUT2D eigenvalue weighted by Gasteiger charge is -2.35. The number of hydrogen-bond donors (Lipinski definition) is 3. The first kappa shape index (κ1) is 22.1. The number of aliphatic imine (C=N–C) groups is 1. The van der Waals surface area contributed by atoms with Gasteiger partial charge in [0.15, 0.2) is 5.96 Å². The molecular weight excluding hydrogens is 467 g/mol. The monoisotopic (exact) mass is 496 g/mol. The van der Waals surface area contributed by atoms with Crippen LogP contribution >= 0.6 is 24.0 Å². The lowest BCUT2D eigenvalue weighted by molar-refractivity contribution is 0.410. The van der Waals surface area contributed by atoms with Crippen LogP contribution in [0.15, 0.2) is 53.5 Å². The van der Waals surface area contributed by atoms with Gasteiger partial charge in [0.1, 0.15) is 11.5 Å². The van der Waals surface area contributed by atoms with Gasteiger partial charge >= 0.3 is 0 Å². The zero-order valence-corrected chi connectivity index (χ0v) is 18.7. The van der Waals surface area contributed by atoms with E-state index >= 15 is 0 Å². The molecule has 3 rings (SSSR count). The first-order chi connectivity index (χ1) is 13.2. The minimum absolute atomic E-state index is 0. The summed E-state index contributed by atoms with van der Waals surface area (Å²) in [5, 5.41) is 16.8. The van der Waals surface area contributed by atoms with Crippen LogP contribution in [0.1, 0.15) is 18.4 Å². The molecule has 2 aromatic carbocycles. The molecule has 3 N–H and O–H groups in total. The number of phenolic OH excluding ortho intramolecular Hbond substituents is 1. The maximum Gasteiger partial charge on any atom is 0.191 e. The number of nitrogens with one attached hydrogen (secondary N) is 2. The fraction of sp³-hybridized carbons (Fsp3) is 0.381. The number of methoxy groups -OCH3 is 1. The second-order valence-electron chi connectivity index (χ2n) is 6.69. The van der Waals surface area contributed by atoms with Gasteiger partial charge < -0.3 is 25.4 Å². The van der Waals surface area contributed by atoms with Gasteiger partial charge in [0.05, 0.1) is 7.11 Å². The summed E-state index contributed by atoms with van der Waals surface area (Å²) < 4.78 is 5.23. The average Bonchev–Trinajstić information content (AvgIpc) is 2.73. The molecule has 28 heavy (non-hydrogen) atoms. The van der Waals surface area contributed by atoms with Crippen molar-refractivity contribution in [2.24, 2.45) is 4.99 Å². The summed E-state index contributed by atoms with van der Waals surface area (Å²) in [5.41, 5.74) is 2.03. The van der Waals surface area contributed by atoms with Crippen LogP contribution in [0.2, 0.25) is 0 Å². The molecular formula is C21H29IN4O2. The van der Waals surface area contributed by atoms with E-state index in [9.17, 15) is 5.11 Å². The Labute approximate surface area is 184 Å². The van der Waals surface area contributed by atoms with Crippen LogP contribution in [0.4, 0.5) is 5.69 Å². The molecule has 0 saturated carbocycles. The van der Waals surface area contributed by atoms with Crippen molar-refractivity contribution >= 4 is 35.6 Å². The van der Waals surface area contributed by atoms with Crippen molar-refractivity contribution < 1.29 is 9.84 Å². The number of phenols is 1. The van der Waals surface area contributed by atoms with Gasteiger partial charge in [-0.2, -0.15) is 0 Å². The standard InChI is InChI=1S/C21H28N4O2.HI/c1-22-21(23-14-16-13-19(27-2)10-11-20(16)26)24-17-7-6-12-25(15-17)18-8-4-3-5-9-18;/h3-5,8-11,13,17,26H,6-7,12,14-15H2,1-2H3,(H2,22,23,24);1H. The third-order valence-electron chi connectivity index (χ3n) is 4.84. The van der Waals surface area contributed by atoms with E-state index in [4.69, 9.17) is 4.74 Å². The minimum atomic E-state index is 0. The van der Waals surface area contributed by atoms with Gasteiger partial charge in [-0.3, -0.25) is 4.99 Å². The maximum atomic E-state index is 10.0. The zero-order valence-electron chi connectivity index (χ0n) is 16.4. The van der Waals surface area contributed by atoms with Crippen molar-refractivity contribution in [3.63, 3.8) is 0 Å². The Kier molecular flexibility index (Phi) is 8.69. The van der Waals surface area contributed by atoms with E-state index < -0.39 is 0 Å². The molecule has 6 nitrogen and oxygen atoms in total. The van der Waals surface area contributed by atoms with E-state index in [0.29, 0.717) is 12.6 Å². The fourth-order valence-corrected chi connectivity index (χ4v) is 3.37. The topological polar surface area (TPSA) is 69.1 Å². The van der Waals surface area contributed by atoms with Gasteiger partial charge in [0, 0.05) is 44.0 Å². The summed E-state index contributed by atoms with van der Waals surface area (Å²) in [5.74, 6) is 1.70. The van der Waals surface area contributed by atoms with Gasteiger partial charge in [0.2, 0.25) is 0 Å². The van der Waals surface area contributed by atoms with Gasteiger partial charge in [-0.1, -0.05) is 18.2 Å². The Balaban J connectivity index is 0.00000280. The second kappa shape index (κ2) is 11.0. The summed E-state index contributed by atoms with van der Waals surface area (Å²) in [7, 11) is 3.38. The SMILES string of the molecule is CN=C(NCc1cc(OC)ccc1O)NC1CCCN(c2ccccc2)C1.I. The normalized spacial score (nSPS) is 16.9. The number of aromatic hydroxyl groups is 1. The van der Waals surface area contributed by atoms with Gasteiger partial charge in [-0.05, 0) is 43.2 Å². The molecule has 0 bridgehead atoms. The highest BCUT2D eigenvalue weighted by atomic mass is 127. The largest absolute Gasteiger partial charge is 0.508 e. The Hall–Kier alpha value is -2.16. The van der Waals surface area contributed by atoms with Crippen LogP contribution in [0.25, 0.3) is 0 Å². The van der Waals surface area contributed by atoms with E-state index in [2.05, 4.69) is 44.8 Å². The number of piperidine rings is 1. The third-order valence-corrected chi connectivity index (χ3v) is 4.84. The van der Waals surface area contributed by atoms with Gasteiger partial charge in [0.25, 0.3) is 0 Å². The molecule has 1 heterocycles. The number of ether oxygens (including phenoxy) is 1. The molecule has 7 heteroatoms. The Morgan fingerprint density at radius 3 is 2.75 bits per heavy atom. The van der Waals surface area contributed by atoms with Crippen molar-refractivity contribution in [2.75, 3.05) is 32.1 Å². The molecule has 1 saturated heterocycles. The van der Waals surface area contributed by atoms with Crippen molar-refractivity contribution in [1.82, 2.24) is 10.6 Å². The van der Waals surface area contributed by atoms with E-state index in [-0.39, 0.29) is 29.7 Å². The quantitative estimate of drug-likeness (QED) is 0.337. The van der Waals surface area contributed by atoms with Crippen LogP contribution in [0.5, 0.6) is 11.5 Å². The van der Waals surface area contributed by atoms with Crippen LogP contribution in [-0.2, 0) is 6.54 Å². The minimum Gasteiger partial charge on any atom is -0.508 e. The maximum absolute atomic E-state index is 10.0. The number of para-hydroxylation sites is 1. The molecule has 2 aromatic rings. The summed E-state index contributed by atoms with van der Waals surface area (Å²) in [4.78, 5) is 6.74. The number of hydrogen-bond acceptors (Lipinski definition) is 4. The Bertz CT molecular complexity index is 770. The first-order valence-electron chi connectivity index (χ1n) is 9.32. The Morgan fingerprint density at radius 1 is 1.25 bits per heavy atom. The van der Waals surface area contributed by atoms with Crippen LogP contribution < -0.4 is 20.3 Å². The second-order valence-corrected chi connectivity index (χ2v) is 6.69. The van der Waals surface area contributed by atoms with Crippen molar-refractivity contribution in [1.29, 1.82) is 0 Å². The number of guanidine groups is 1. The highest BCUT2D eigenvalue weighted by molar-refractivity contribution is 14.0. The zero-order chi connectivity index (χ0) is 19.1. The molecule has 1 aliphatic heterocycles. The summed E-state index contributed by atoms with van der Waals surface area (Å²) >= 11 is 0. The molecule has 0 aliphatic carbocycles. The first-order valence-corrected chi connectivity index (χ1v) is 9.32. The van der Waals surface area contributed by atoms with Crippen LogP contribution in [0, 0.1) is 0 Å².